The van der Waals surface area contributed by atoms with Gasteiger partial charge in [-0.2, -0.15) is 0 Å². The molecule has 3 atom stereocenters. The van der Waals surface area contributed by atoms with Crippen LogP contribution >= 0.6 is 0 Å². The van der Waals surface area contributed by atoms with Crippen LogP contribution in [0.25, 0.3) is 0 Å². The Kier molecular flexibility index (Phi) is 11.2. The van der Waals surface area contributed by atoms with Crippen LogP contribution in [0.2, 0.25) is 0 Å². The third kappa shape index (κ3) is 8.38. The summed E-state index contributed by atoms with van der Waals surface area (Å²) in [7, 11) is 3.92. The van der Waals surface area contributed by atoms with Crippen molar-refractivity contribution in [2.45, 2.75) is 142 Å². The van der Waals surface area contributed by atoms with Gasteiger partial charge in [0.15, 0.2) is 5.92 Å². The van der Waals surface area contributed by atoms with Gasteiger partial charge in [-0.15, -0.1) is 0 Å². The van der Waals surface area contributed by atoms with E-state index in [1.807, 2.05) is 31.1 Å². The maximum Gasteiger partial charge on any atom is 0.321 e. The Labute approximate surface area is 278 Å². The van der Waals surface area contributed by atoms with Crippen molar-refractivity contribution < 1.29 is 24.2 Å². The van der Waals surface area contributed by atoms with E-state index < -0.39 is 36.0 Å². The highest BCUT2D eigenvalue weighted by atomic mass is 16.6. The largest absolute Gasteiger partial charge is 0.507 e. The standard InChI is InChI=1S/C39H60N2O5/c1-15-16-17-30(27-21-31(37(5,6)7)34(42)32(22-27)38(8,9)10)33(35(43)45-28-18-24(2)40(13)25(3)19-28)36(44)46-29-20-26(4)41(14)39(11,12)23-29/h21-22,28-30,33,42H,2-4,15-20,23H2,1,5-14H3. The Morgan fingerprint density at radius 1 is 0.891 bits per heavy atom. The molecule has 0 bridgehead atoms. The minimum atomic E-state index is -1.19. The summed E-state index contributed by atoms with van der Waals surface area (Å²) in [6.45, 7) is 31.2. The van der Waals surface area contributed by atoms with Crippen molar-refractivity contribution in [1.82, 2.24) is 9.80 Å². The van der Waals surface area contributed by atoms with Crippen LogP contribution in [0.5, 0.6) is 5.75 Å². The number of phenolic OH excluding ortho intramolecular Hbond substituents is 1. The lowest BCUT2D eigenvalue weighted by molar-refractivity contribution is -0.171. The van der Waals surface area contributed by atoms with Crippen molar-refractivity contribution >= 4 is 11.9 Å². The van der Waals surface area contributed by atoms with Gasteiger partial charge in [0.1, 0.15) is 18.0 Å². The van der Waals surface area contributed by atoms with E-state index in [2.05, 4.69) is 87.0 Å². The molecule has 46 heavy (non-hydrogen) atoms. The highest BCUT2D eigenvalue weighted by molar-refractivity contribution is 5.96. The van der Waals surface area contributed by atoms with Crippen LogP contribution < -0.4 is 0 Å². The Balaban J connectivity index is 2.15. The van der Waals surface area contributed by atoms with E-state index in [1.54, 1.807) is 0 Å². The molecule has 0 spiro atoms. The van der Waals surface area contributed by atoms with E-state index in [1.165, 1.54) is 0 Å². The second-order valence-corrected chi connectivity index (χ2v) is 16.3. The maximum atomic E-state index is 14.4. The Hall–Kier alpha value is -3.22. The fourth-order valence-corrected chi connectivity index (χ4v) is 6.72. The summed E-state index contributed by atoms with van der Waals surface area (Å²) in [4.78, 5) is 32.8. The number of piperidine rings is 2. The number of carbonyl (C=O) groups excluding carboxylic acids is 2. The van der Waals surface area contributed by atoms with Crippen molar-refractivity contribution in [3.05, 3.63) is 65.7 Å². The van der Waals surface area contributed by atoms with Crippen LogP contribution in [-0.2, 0) is 29.9 Å². The number of hydrogen-bond acceptors (Lipinski definition) is 7. The zero-order valence-corrected chi connectivity index (χ0v) is 30.5. The van der Waals surface area contributed by atoms with Crippen molar-refractivity contribution in [1.29, 1.82) is 0 Å². The van der Waals surface area contributed by atoms with Gasteiger partial charge in [0.05, 0.1) is 0 Å². The number of nitrogens with zero attached hydrogens (tertiary/aromatic N) is 2. The third-order valence-corrected chi connectivity index (χ3v) is 9.97. The van der Waals surface area contributed by atoms with E-state index >= 15 is 0 Å². The average molecular weight is 637 g/mol. The number of benzene rings is 1. The Bertz CT molecular complexity index is 1290. The SMILES string of the molecule is C=C1CC(OC(=O)C(C(=O)OC2CC(=C)N(C)C(C)(C)C2)C(CCCC)c2cc(C(C)(C)C)c(O)c(C(C)(C)C)c2)CC(=C)N1C. The minimum absolute atomic E-state index is 0.257. The van der Waals surface area contributed by atoms with Crippen molar-refractivity contribution in [2.75, 3.05) is 14.1 Å². The highest BCUT2D eigenvalue weighted by Gasteiger charge is 2.44. The van der Waals surface area contributed by atoms with Gasteiger partial charge in [-0.3, -0.25) is 9.59 Å². The van der Waals surface area contributed by atoms with Crippen molar-refractivity contribution in [2.24, 2.45) is 5.92 Å². The number of aromatic hydroxyl groups is 1. The van der Waals surface area contributed by atoms with E-state index in [9.17, 15) is 14.7 Å². The first-order valence-electron chi connectivity index (χ1n) is 16.9. The molecule has 2 heterocycles. The molecular weight excluding hydrogens is 576 g/mol. The van der Waals surface area contributed by atoms with Gasteiger partial charge in [-0.05, 0) is 47.8 Å². The maximum absolute atomic E-state index is 14.4. The van der Waals surface area contributed by atoms with E-state index in [0.29, 0.717) is 32.1 Å². The second kappa shape index (κ2) is 13.9. The zero-order valence-electron chi connectivity index (χ0n) is 30.5. The third-order valence-electron chi connectivity index (χ3n) is 9.97. The Morgan fingerprint density at radius 3 is 1.78 bits per heavy atom. The molecule has 0 amide bonds. The fourth-order valence-electron chi connectivity index (χ4n) is 6.72. The molecule has 2 aliphatic rings. The number of unbranched alkanes of at least 4 members (excludes halogenated alkanes) is 1. The van der Waals surface area contributed by atoms with Crippen molar-refractivity contribution in [3.8, 4) is 5.75 Å². The number of hydrogen-bond donors (Lipinski definition) is 1. The summed E-state index contributed by atoms with van der Waals surface area (Å²) in [5, 5.41) is 11.5. The first-order valence-corrected chi connectivity index (χ1v) is 16.9. The molecule has 3 rings (SSSR count). The highest BCUT2D eigenvalue weighted by Crippen LogP contribution is 2.44. The lowest BCUT2D eigenvalue weighted by Gasteiger charge is -2.46. The lowest BCUT2D eigenvalue weighted by atomic mass is 9.74. The lowest BCUT2D eigenvalue weighted by Crippen LogP contribution is -2.49. The fraction of sp³-hybridized carbons (Fsp3) is 0.641. The predicted octanol–water partition coefficient (Wildman–Crippen LogP) is 8.47. The van der Waals surface area contributed by atoms with Gasteiger partial charge in [0.2, 0.25) is 0 Å². The van der Waals surface area contributed by atoms with Gasteiger partial charge in [0, 0.05) is 68.3 Å². The van der Waals surface area contributed by atoms with Gasteiger partial charge in [-0.25, -0.2) is 0 Å². The summed E-state index contributed by atoms with van der Waals surface area (Å²) in [6, 6.07) is 3.97. The van der Waals surface area contributed by atoms with Crippen LogP contribution in [0.4, 0.5) is 0 Å². The quantitative estimate of drug-likeness (QED) is 0.215. The molecule has 1 N–H and O–H groups in total. The number of esters is 2. The van der Waals surface area contributed by atoms with Gasteiger partial charge in [0.25, 0.3) is 0 Å². The molecule has 0 aliphatic carbocycles. The monoisotopic (exact) mass is 636 g/mol. The molecule has 256 valence electrons. The summed E-state index contributed by atoms with van der Waals surface area (Å²) in [5.41, 5.74) is 3.92. The molecule has 2 saturated heterocycles. The molecule has 1 aromatic carbocycles. The smallest absolute Gasteiger partial charge is 0.321 e. The van der Waals surface area contributed by atoms with Gasteiger partial charge >= 0.3 is 11.9 Å². The molecular formula is C39H60N2O5. The molecule has 0 aromatic heterocycles. The number of phenols is 1. The molecule has 1 aromatic rings. The average Bonchev–Trinajstić information content (AvgIpc) is 2.91. The molecule has 7 heteroatoms. The van der Waals surface area contributed by atoms with E-state index in [4.69, 9.17) is 9.47 Å². The van der Waals surface area contributed by atoms with E-state index in [0.717, 1.165) is 46.6 Å². The number of carbonyl (C=O) groups is 2. The van der Waals surface area contributed by atoms with Crippen molar-refractivity contribution in [3.63, 3.8) is 0 Å². The van der Waals surface area contributed by atoms with Crippen LogP contribution in [0.15, 0.2) is 49.0 Å². The molecule has 7 nitrogen and oxygen atoms in total. The zero-order chi connectivity index (χ0) is 34.9. The van der Waals surface area contributed by atoms with Gasteiger partial charge in [-0.1, -0.05) is 93.2 Å². The van der Waals surface area contributed by atoms with Crippen LogP contribution in [-0.4, -0.2) is 58.7 Å². The first-order chi connectivity index (χ1) is 21.1. The predicted molar refractivity (Wildman–Crippen MR) is 187 cm³/mol. The summed E-state index contributed by atoms with van der Waals surface area (Å²) >= 11 is 0. The number of ether oxygens (including phenoxy) is 2. The normalized spacial score (nSPS) is 20.8. The topological polar surface area (TPSA) is 79.3 Å². The molecule has 0 saturated carbocycles. The summed E-state index contributed by atoms with van der Waals surface area (Å²) in [5.74, 6) is -2.60. The molecule has 2 fully saturated rings. The summed E-state index contributed by atoms with van der Waals surface area (Å²) < 4.78 is 12.4. The van der Waals surface area contributed by atoms with Crippen LogP contribution in [0, 0.1) is 5.92 Å². The van der Waals surface area contributed by atoms with E-state index in [-0.39, 0.29) is 22.1 Å². The minimum Gasteiger partial charge on any atom is -0.507 e. The second-order valence-electron chi connectivity index (χ2n) is 16.3. The molecule has 2 aliphatic heterocycles. The van der Waals surface area contributed by atoms with Crippen LogP contribution in [0.3, 0.4) is 0 Å². The first kappa shape index (κ1) is 37.2. The number of likely N-dealkylation sites (tertiary alicyclic amines) is 2. The van der Waals surface area contributed by atoms with Crippen LogP contribution in [0.1, 0.15) is 130 Å². The van der Waals surface area contributed by atoms with Gasteiger partial charge < -0.3 is 24.4 Å². The Morgan fingerprint density at radius 2 is 1.35 bits per heavy atom. The number of rotatable bonds is 9. The summed E-state index contributed by atoms with van der Waals surface area (Å²) in [6.07, 6.45) is 3.45. The molecule has 3 unspecified atom stereocenters. The molecule has 0 radical (unpaired) electrons.